The summed E-state index contributed by atoms with van der Waals surface area (Å²) in [4.78, 5) is 12.4. The number of halogens is 1. The van der Waals surface area contributed by atoms with Crippen molar-refractivity contribution in [3.8, 4) is 5.75 Å². The minimum atomic E-state index is 0.0113. The van der Waals surface area contributed by atoms with Gasteiger partial charge in [-0.05, 0) is 49.7 Å². The fraction of sp³-hybridized carbons (Fsp3) is 0.188. The number of hydrogen-bond donors (Lipinski definition) is 0. The molecule has 0 saturated heterocycles. The van der Waals surface area contributed by atoms with E-state index in [0.717, 1.165) is 15.8 Å². The molecule has 3 heteroatoms. The number of aryl methyl sites for hydroxylation is 1. The lowest BCUT2D eigenvalue weighted by Crippen LogP contribution is -2.02. The lowest BCUT2D eigenvalue weighted by atomic mass is 10.0. The normalized spacial score (nSPS) is 10.3. The van der Waals surface area contributed by atoms with E-state index in [4.69, 9.17) is 4.74 Å². The Morgan fingerprint density at radius 3 is 2.58 bits per heavy atom. The Labute approximate surface area is 121 Å². The average Bonchev–Trinajstić information content (AvgIpc) is 2.42. The minimum Gasteiger partial charge on any atom is -0.494 e. The summed E-state index contributed by atoms with van der Waals surface area (Å²) in [6.45, 7) is 4.49. The Kier molecular flexibility index (Phi) is 4.38. The van der Waals surface area contributed by atoms with E-state index in [1.54, 1.807) is 6.07 Å². The summed E-state index contributed by atoms with van der Waals surface area (Å²) >= 11 is 3.44. The molecule has 0 aliphatic rings. The van der Waals surface area contributed by atoms with Crippen LogP contribution in [0.4, 0.5) is 0 Å². The maximum atomic E-state index is 12.4. The van der Waals surface area contributed by atoms with Gasteiger partial charge in [0, 0.05) is 15.6 Å². The molecule has 2 aromatic rings. The van der Waals surface area contributed by atoms with Crippen LogP contribution in [-0.2, 0) is 0 Å². The summed E-state index contributed by atoms with van der Waals surface area (Å²) in [5.74, 6) is 0.735. The van der Waals surface area contributed by atoms with Crippen LogP contribution in [0.1, 0.15) is 28.4 Å². The van der Waals surface area contributed by atoms with Crippen molar-refractivity contribution in [2.24, 2.45) is 0 Å². The fourth-order valence-electron chi connectivity index (χ4n) is 1.85. The first-order chi connectivity index (χ1) is 9.11. The number of hydrogen-bond acceptors (Lipinski definition) is 2. The first kappa shape index (κ1) is 13.8. The van der Waals surface area contributed by atoms with Gasteiger partial charge in [0.1, 0.15) is 5.75 Å². The molecule has 0 saturated carbocycles. The van der Waals surface area contributed by atoms with Crippen LogP contribution in [0.3, 0.4) is 0 Å². The molecule has 0 aliphatic heterocycles. The number of rotatable bonds is 4. The number of carbonyl (C=O) groups excluding carboxylic acids is 1. The van der Waals surface area contributed by atoms with Crippen LogP contribution >= 0.6 is 15.9 Å². The molecule has 0 atom stereocenters. The summed E-state index contributed by atoms with van der Waals surface area (Å²) in [6.07, 6.45) is 0. The number of ether oxygens (including phenoxy) is 1. The van der Waals surface area contributed by atoms with Crippen LogP contribution in [0.2, 0.25) is 0 Å². The molecule has 0 aliphatic carbocycles. The molecule has 0 fully saturated rings. The Morgan fingerprint density at radius 2 is 1.89 bits per heavy atom. The standard InChI is InChI=1S/C16H15BrO2/c1-3-19-14-6-4-5-12(10-14)16(18)13-7-8-15(17)11(2)9-13/h4-10H,3H2,1-2H3. The van der Waals surface area contributed by atoms with Gasteiger partial charge in [0.2, 0.25) is 0 Å². The van der Waals surface area contributed by atoms with Gasteiger partial charge in [-0.25, -0.2) is 0 Å². The molecular formula is C16H15BrO2. The zero-order valence-corrected chi connectivity index (χ0v) is 12.5. The Morgan fingerprint density at radius 1 is 1.16 bits per heavy atom. The lowest BCUT2D eigenvalue weighted by molar-refractivity contribution is 0.103. The van der Waals surface area contributed by atoms with Crippen LogP contribution in [0, 0.1) is 6.92 Å². The molecule has 0 amide bonds. The van der Waals surface area contributed by atoms with Crippen molar-refractivity contribution in [1.29, 1.82) is 0 Å². The van der Waals surface area contributed by atoms with Crippen molar-refractivity contribution < 1.29 is 9.53 Å². The molecule has 0 aromatic heterocycles. The largest absolute Gasteiger partial charge is 0.494 e. The van der Waals surface area contributed by atoms with Crippen molar-refractivity contribution in [3.63, 3.8) is 0 Å². The highest BCUT2D eigenvalue weighted by atomic mass is 79.9. The molecule has 0 bridgehead atoms. The number of ketones is 1. The third kappa shape index (κ3) is 3.24. The Hall–Kier alpha value is -1.61. The van der Waals surface area contributed by atoms with E-state index < -0.39 is 0 Å². The average molecular weight is 319 g/mol. The summed E-state index contributed by atoms with van der Waals surface area (Å²) in [5, 5.41) is 0. The number of benzene rings is 2. The van der Waals surface area contributed by atoms with E-state index >= 15 is 0 Å². The van der Waals surface area contributed by atoms with Gasteiger partial charge in [0.05, 0.1) is 6.61 Å². The second-order valence-electron chi connectivity index (χ2n) is 4.25. The van der Waals surface area contributed by atoms with Crippen molar-refractivity contribution in [2.45, 2.75) is 13.8 Å². The van der Waals surface area contributed by atoms with E-state index in [1.807, 2.05) is 50.2 Å². The molecule has 98 valence electrons. The highest BCUT2D eigenvalue weighted by Crippen LogP contribution is 2.21. The minimum absolute atomic E-state index is 0.0113. The van der Waals surface area contributed by atoms with Gasteiger partial charge in [0.25, 0.3) is 0 Å². The van der Waals surface area contributed by atoms with E-state index in [1.165, 1.54) is 0 Å². The topological polar surface area (TPSA) is 26.3 Å². The van der Waals surface area contributed by atoms with Crippen molar-refractivity contribution in [1.82, 2.24) is 0 Å². The van der Waals surface area contributed by atoms with E-state index in [0.29, 0.717) is 17.7 Å². The molecule has 2 aromatic carbocycles. The maximum absolute atomic E-state index is 12.4. The number of carbonyl (C=O) groups is 1. The van der Waals surface area contributed by atoms with Crippen LogP contribution in [0.25, 0.3) is 0 Å². The van der Waals surface area contributed by atoms with Gasteiger partial charge in [-0.15, -0.1) is 0 Å². The van der Waals surface area contributed by atoms with Crippen LogP contribution < -0.4 is 4.74 Å². The van der Waals surface area contributed by atoms with Crippen molar-refractivity contribution >= 4 is 21.7 Å². The smallest absolute Gasteiger partial charge is 0.193 e. The van der Waals surface area contributed by atoms with Gasteiger partial charge in [-0.1, -0.05) is 28.1 Å². The third-order valence-corrected chi connectivity index (χ3v) is 3.72. The van der Waals surface area contributed by atoms with Gasteiger partial charge < -0.3 is 4.74 Å². The molecule has 2 rings (SSSR count). The lowest BCUT2D eigenvalue weighted by Gasteiger charge is -2.07. The molecule has 0 unspecified atom stereocenters. The summed E-state index contributed by atoms with van der Waals surface area (Å²) in [6, 6.07) is 12.9. The van der Waals surface area contributed by atoms with E-state index in [-0.39, 0.29) is 5.78 Å². The molecule has 0 heterocycles. The molecule has 0 spiro atoms. The summed E-state index contributed by atoms with van der Waals surface area (Å²) in [7, 11) is 0. The molecule has 0 N–H and O–H groups in total. The molecule has 2 nitrogen and oxygen atoms in total. The van der Waals surface area contributed by atoms with E-state index in [9.17, 15) is 4.79 Å². The highest BCUT2D eigenvalue weighted by molar-refractivity contribution is 9.10. The molecular weight excluding hydrogens is 304 g/mol. The second kappa shape index (κ2) is 6.02. The zero-order chi connectivity index (χ0) is 13.8. The van der Waals surface area contributed by atoms with Crippen molar-refractivity contribution in [3.05, 3.63) is 63.6 Å². The summed E-state index contributed by atoms with van der Waals surface area (Å²) < 4.78 is 6.42. The Balaban J connectivity index is 2.32. The van der Waals surface area contributed by atoms with Crippen LogP contribution in [0.15, 0.2) is 46.9 Å². The first-order valence-corrected chi connectivity index (χ1v) is 6.95. The predicted octanol–water partition coefficient (Wildman–Crippen LogP) is 4.39. The maximum Gasteiger partial charge on any atom is 0.193 e. The van der Waals surface area contributed by atoms with Crippen molar-refractivity contribution in [2.75, 3.05) is 6.61 Å². The third-order valence-electron chi connectivity index (χ3n) is 2.83. The van der Waals surface area contributed by atoms with Gasteiger partial charge in [-0.2, -0.15) is 0 Å². The first-order valence-electron chi connectivity index (χ1n) is 6.15. The second-order valence-corrected chi connectivity index (χ2v) is 5.11. The predicted molar refractivity (Wildman–Crippen MR) is 79.9 cm³/mol. The highest BCUT2D eigenvalue weighted by Gasteiger charge is 2.10. The summed E-state index contributed by atoms with van der Waals surface area (Å²) in [5.41, 5.74) is 2.38. The van der Waals surface area contributed by atoms with Gasteiger partial charge in [-0.3, -0.25) is 4.79 Å². The monoisotopic (exact) mass is 318 g/mol. The van der Waals surface area contributed by atoms with Gasteiger partial charge in [0.15, 0.2) is 5.78 Å². The molecule has 0 radical (unpaired) electrons. The SMILES string of the molecule is CCOc1cccc(C(=O)c2ccc(Br)c(C)c2)c1. The molecule has 19 heavy (non-hydrogen) atoms. The van der Waals surface area contributed by atoms with Crippen LogP contribution in [-0.4, -0.2) is 12.4 Å². The van der Waals surface area contributed by atoms with Gasteiger partial charge >= 0.3 is 0 Å². The van der Waals surface area contributed by atoms with Crippen LogP contribution in [0.5, 0.6) is 5.75 Å². The quantitative estimate of drug-likeness (QED) is 0.782. The van der Waals surface area contributed by atoms with E-state index in [2.05, 4.69) is 15.9 Å². The zero-order valence-electron chi connectivity index (χ0n) is 10.9. The fourth-order valence-corrected chi connectivity index (χ4v) is 2.09. The Bertz CT molecular complexity index is 605.